The SMILES string of the molecule is CCCCCCCCCCCCCCC(=O)NN=Cc1ccc([N+](=O)[O-])s1. The average molecular weight is 396 g/mol. The summed E-state index contributed by atoms with van der Waals surface area (Å²) in [4.78, 5) is 22.5. The molecule has 27 heavy (non-hydrogen) atoms. The van der Waals surface area contributed by atoms with Crippen LogP contribution in [0, 0.1) is 10.1 Å². The van der Waals surface area contributed by atoms with Gasteiger partial charge in [-0.25, -0.2) is 5.43 Å². The molecule has 0 aliphatic rings. The van der Waals surface area contributed by atoms with Crippen molar-refractivity contribution in [3.8, 4) is 0 Å². The van der Waals surface area contributed by atoms with Gasteiger partial charge in [-0.05, 0) is 12.5 Å². The van der Waals surface area contributed by atoms with E-state index in [4.69, 9.17) is 0 Å². The van der Waals surface area contributed by atoms with Gasteiger partial charge in [-0.1, -0.05) is 88.9 Å². The first kappa shape index (κ1) is 23.3. The molecular formula is C20H33N3O3S. The highest BCUT2D eigenvalue weighted by Gasteiger charge is 2.08. The summed E-state index contributed by atoms with van der Waals surface area (Å²) < 4.78 is 0. The summed E-state index contributed by atoms with van der Waals surface area (Å²) in [5.41, 5.74) is 2.48. The smallest absolute Gasteiger partial charge is 0.273 e. The van der Waals surface area contributed by atoms with E-state index in [1.54, 1.807) is 6.07 Å². The normalized spacial score (nSPS) is 11.1. The van der Waals surface area contributed by atoms with Crippen LogP contribution in [0.3, 0.4) is 0 Å². The summed E-state index contributed by atoms with van der Waals surface area (Å²) in [5.74, 6) is -0.107. The van der Waals surface area contributed by atoms with E-state index in [2.05, 4.69) is 17.5 Å². The maximum Gasteiger partial charge on any atom is 0.324 e. The molecule has 152 valence electrons. The van der Waals surface area contributed by atoms with Crippen molar-refractivity contribution in [1.82, 2.24) is 5.43 Å². The zero-order chi connectivity index (χ0) is 19.7. The van der Waals surface area contributed by atoms with E-state index in [9.17, 15) is 14.9 Å². The van der Waals surface area contributed by atoms with Crippen LogP contribution in [0.2, 0.25) is 0 Å². The van der Waals surface area contributed by atoms with Gasteiger partial charge in [0, 0.05) is 12.5 Å². The number of nitrogens with zero attached hydrogens (tertiary/aromatic N) is 2. The number of carbonyl (C=O) groups excluding carboxylic acids is 1. The highest BCUT2D eigenvalue weighted by Crippen LogP contribution is 2.22. The number of nitro groups is 1. The number of unbranched alkanes of at least 4 members (excludes halogenated alkanes) is 11. The Morgan fingerprint density at radius 1 is 1.04 bits per heavy atom. The van der Waals surface area contributed by atoms with Gasteiger partial charge < -0.3 is 0 Å². The van der Waals surface area contributed by atoms with Gasteiger partial charge in [0.2, 0.25) is 5.91 Å². The van der Waals surface area contributed by atoms with Crippen LogP contribution in [0.4, 0.5) is 5.00 Å². The fourth-order valence-corrected chi connectivity index (χ4v) is 3.55. The molecule has 6 nitrogen and oxygen atoms in total. The molecule has 0 unspecified atom stereocenters. The number of hydrogen-bond acceptors (Lipinski definition) is 5. The molecule has 1 amide bonds. The van der Waals surface area contributed by atoms with Gasteiger partial charge in [0.25, 0.3) is 0 Å². The lowest BCUT2D eigenvalue weighted by molar-refractivity contribution is -0.380. The molecule has 7 heteroatoms. The second-order valence-corrected chi connectivity index (χ2v) is 7.96. The number of rotatable bonds is 16. The first-order valence-electron chi connectivity index (χ1n) is 10.2. The van der Waals surface area contributed by atoms with Crippen molar-refractivity contribution in [3.05, 3.63) is 27.1 Å². The second kappa shape index (κ2) is 15.3. The molecule has 0 atom stereocenters. The van der Waals surface area contributed by atoms with Gasteiger partial charge in [-0.3, -0.25) is 14.9 Å². The van der Waals surface area contributed by atoms with Crippen molar-refractivity contribution in [3.63, 3.8) is 0 Å². The molecule has 0 spiro atoms. The number of nitrogens with one attached hydrogen (secondary N) is 1. The van der Waals surface area contributed by atoms with E-state index >= 15 is 0 Å². The Labute approximate surface area is 166 Å². The first-order chi connectivity index (χ1) is 13.1. The van der Waals surface area contributed by atoms with Gasteiger partial charge in [0.15, 0.2) is 0 Å². The summed E-state index contributed by atoms with van der Waals surface area (Å²) in [5, 5.41) is 14.5. The molecule has 1 rings (SSSR count). The van der Waals surface area contributed by atoms with E-state index in [-0.39, 0.29) is 10.9 Å². The highest BCUT2D eigenvalue weighted by molar-refractivity contribution is 7.16. The maximum absolute atomic E-state index is 11.7. The van der Waals surface area contributed by atoms with Gasteiger partial charge in [-0.2, -0.15) is 5.10 Å². The lowest BCUT2D eigenvalue weighted by Gasteiger charge is -2.03. The summed E-state index contributed by atoms with van der Waals surface area (Å²) >= 11 is 1.03. The zero-order valence-corrected chi connectivity index (χ0v) is 17.3. The van der Waals surface area contributed by atoms with Crippen LogP contribution < -0.4 is 5.43 Å². The first-order valence-corrected chi connectivity index (χ1v) is 11.0. The van der Waals surface area contributed by atoms with Gasteiger partial charge >= 0.3 is 5.00 Å². The van der Waals surface area contributed by atoms with Crippen molar-refractivity contribution < 1.29 is 9.72 Å². The van der Waals surface area contributed by atoms with Gasteiger partial charge in [-0.15, -0.1) is 0 Å². The van der Waals surface area contributed by atoms with Crippen molar-refractivity contribution in [1.29, 1.82) is 0 Å². The zero-order valence-electron chi connectivity index (χ0n) is 16.5. The third-order valence-corrected chi connectivity index (χ3v) is 5.40. The Morgan fingerprint density at radius 2 is 1.59 bits per heavy atom. The van der Waals surface area contributed by atoms with Crippen LogP contribution in [0.1, 0.15) is 95.3 Å². The Kier molecular flexibility index (Phi) is 13.2. The Morgan fingerprint density at radius 3 is 2.11 bits per heavy atom. The number of thiophene rings is 1. The van der Waals surface area contributed by atoms with Crippen molar-refractivity contribution in [2.45, 2.75) is 90.4 Å². The summed E-state index contributed by atoms with van der Waals surface area (Å²) in [6.07, 6.45) is 17.1. The Balaban J connectivity index is 1.93. The summed E-state index contributed by atoms with van der Waals surface area (Å²) in [6.45, 7) is 2.25. The molecule has 0 aromatic carbocycles. The molecule has 1 N–H and O–H groups in total. The van der Waals surface area contributed by atoms with Crippen LogP contribution in [0.15, 0.2) is 17.2 Å². The third kappa shape index (κ3) is 12.3. The number of carbonyl (C=O) groups is 1. The fraction of sp³-hybridized carbons (Fsp3) is 0.700. The minimum absolute atomic E-state index is 0.0688. The molecule has 0 radical (unpaired) electrons. The van der Waals surface area contributed by atoms with E-state index in [0.29, 0.717) is 11.3 Å². The minimum Gasteiger partial charge on any atom is -0.273 e. The van der Waals surface area contributed by atoms with Crippen LogP contribution in [0.5, 0.6) is 0 Å². The van der Waals surface area contributed by atoms with Crippen molar-refractivity contribution >= 4 is 28.5 Å². The molecule has 1 aromatic heterocycles. The molecule has 0 aliphatic heterocycles. The molecule has 0 saturated heterocycles. The maximum atomic E-state index is 11.7. The molecule has 1 heterocycles. The molecule has 0 fully saturated rings. The van der Waals surface area contributed by atoms with E-state index < -0.39 is 4.92 Å². The van der Waals surface area contributed by atoms with Crippen LogP contribution in [-0.2, 0) is 4.79 Å². The molecule has 1 aromatic rings. The van der Waals surface area contributed by atoms with Crippen molar-refractivity contribution in [2.24, 2.45) is 5.10 Å². The standard InChI is InChI=1S/C20H33N3O3S/c1-2-3-4-5-6-7-8-9-10-11-12-13-14-19(24)22-21-17-18-15-16-20(27-18)23(25)26/h15-17H,2-14H2,1H3,(H,22,24). The molecule has 0 bridgehead atoms. The minimum atomic E-state index is -0.436. The van der Waals surface area contributed by atoms with Gasteiger partial charge in [0.05, 0.1) is 16.0 Å². The third-order valence-electron chi connectivity index (χ3n) is 4.43. The monoisotopic (exact) mass is 395 g/mol. The second-order valence-electron chi connectivity index (χ2n) is 6.87. The number of hydrazone groups is 1. The van der Waals surface area contributed by atoms with Crippen LogP contribution >= 0.6 is 11.3 Å². The van der Waals surface area contributed by atoms with E-state index in [0.717, 1.165) is 24.2 Å². The van der Waals surface area contributed by atoms with E-state index in [1.165, 1.54) is 76.5 Å². The predicted molar refractivity (Wildman–Crippen MR) is 112 cm³/mol. The average Bonchev–Trinajstić information content (AvgIpc) is 3.12. The topological polar surface area (TPSA) is 84.6 Å². The lowest BCUT2D eigenvalue weighted by atomic mass is 10.0. The number of amides is 1. The van der Waals surface area contributed by atoms with E-state index in [1.807, 2.05) is 0 Å². The van der Waals surface area contributed by atoms with Crippen LogP contribution in [-0.4, -0.2) is 17.0 Å². The van der Waals surface area contributed by atoms with Crippen LogP contribution in [0.25, 0.3) is 0 Å². The lowest BCUT2D eigenvalue weighted by Crippen LogP contribution is -2.16. The summed E-state index contributed by atoms with van der Waals surface area (Å²) in [7, 11) is 0. The number of hydrogen-bond donors (Lipinski definition) is 1. The molecular weight excluding hydrogens is 362 g/mol. The fourth-order valence-electron chi connectivity index (χ4n) is 2.86. The quantitative estimate of drug-likeness (QED) is 0.156. The Bertz CT molecular complexity index is 573. The molecule has 0 saturated carbocycles. The Hall–Kier alpha value is -1.76. The van der Waals surface area contributed by atoms with Gasteiger partial charge in [0.1, 0.15) is 0 Å². The molecule has 0 aliphatic carbocycles. The predicted octanol–water partition coefficient (Wildman–Crippen LogP) is 6.20. The largest absolute Gasteiger partial charge is 0.324 e. The summed E-state index contributed by atoms with van der Waals surface area (Å²) in [6, 6.07) is 3.05. The highest BCUT2D eigenvalue weighted by atomic mass is 32.1. The van der Waals surface area contributed by atoms with Crippen molar-refractivity contribution in [2.75, 3.05) is 0 Å².